The summed E-state index contributed by atoms with van der Waals surface area (Å²) < 4.78 is 10.2. The molecular weight excluding hydrogens is 350 g/mol. The number of hydrogen-bond acceptors (Lipinski definition) is 6. The maximum Gasteiger partial charge on any atom is 0.347 e. The van der Waals surface area contributed by atoms with E-state index in [1.807, 2.05) is 6.07 Å². The highest BCUT2D eigenvalue weighted by atomic mass is 16.6. The first kappa shape index (κ1) is 19.5. The molecule has 0 saturated carbocycles. The molecule has 0 spiro atoms. The van der Waals surface area contributed by atoms with Crippen LogP contribution in [-0.2, 0) is 14.3 Å². The fourth-order valence-electron chi connectivity index (χ4n) is 1.94. The molecule has 8 nitrogen and oxygen atoms in total. The van der Waals surface area contributed by atoms with Gasteiger partial charge in [-0.2, -0.15) is 5.26 Å². The van der Waals surface area contributed by atoms with E-state index in [4.69, 9.17) is 14.7 Å². The van der Waals surface area contributed by atoms with Gasteiger partial charge in [-0.3, -0.25) is 20.4 Å². The minimum absolute atomic E-state index is 0.374. The highest BCUT2D eigenvalue weighted by Crippen LogP contribution is 2.13. The second kappa shape index (κ2) is 9.58. The van der Waals surface area contributed by atoms with Crippen LogP contribution in [0.2, 0.25) is 0 Å². The summed E-state index contributed by atoms with van der Waals surface area (Å²) >= 11 is 0. The van der Waals surface area contributed by atoms with Gasteiger partial charge < -0.3 is 9.47 Å². The maximum atomic E-state index is 11.9. The monoisotopic (exact) mass is 367 g/mol. The van der Waals surface area contributed by atoms with Gasteiger partial charge in [0.05, 0.1) is 11.6 Å². The molecule has 0 aliphatic rings. The van der Waals surface area contributed by atoms with Gasteiger partial charge in [0.25, 0.3) is 11.8 Å². The highest BCUT2D eigenvalue weighted by molar-refractivity contribution is 5.95. The molecule has 0 aromatic heterocycles. The van der Waals surface area contributed by atoms with Crippen molar-refractivity contribution < 1.29 is 23.9 Å². The summed E-state index contributed by atoms with van der Waals surface area (Å²) in [5.74, 6) is -1.55. The van der Waals surface area contributed by atoms with E-state index in [9.17, 15) is 14.4 Å². The maximum absolute atomic E-state index is 11.9. The van der Waals surface area contributed by atoms with Gasteiger partial charge in [0.1, 0.15) is 5.75 Å². The highest BCUT2D eigenvalue weighted by Gasteiger charge is 2.18. The van der Waals surface area contributed by atoms with Crippen LogP contribution < -0.4 is 15.6 Å². The van der Waals surface area contributed by atoms with Gasteiger partial charge >= 0.3 is 5.97 Å². The van der Waals surface area contributed by atoms with Crippen molar-refractivity contribution in [3.8, 4) is 11.8 Å². The Labute approximate surface area is 155 Å². The fourth-order valence-corrected chi connectivity index (χ4v) is 1.94. The van der Waals surface area contributed by atoms with Crippen LogP contribution in [0, 0.1) is 11.3 Å². The second-order valence-electron chi connectivity index (χ2n) is 5.37. The summed E-state index contributed by atoms with van der Waals surface area (Å²) in [6, 6.07) is 16.5. The number of amides is 2. The molecule has 0 aliphatic heterocycles. The van der Waals surface area contributed by atoms with Crippen molar-refractivity contribution in [2.24, 2.45) is 0 Å². The zero-order valence-electron chi connectivity index (χ0n) is 14.5. The quantitative estimate of drug-likeness (QED) is 0.587. The lowest BCUT2D eigenvalue weighted by Gasteiger charge is -2.14. The van der Waals surface area contributed by atoms with Crippen LogP contribution in [-0.4, -0.2) is 30.5 Å². The Morgan fingerprint density at radius 3 is 2.33 bits per heavy atom. The molecule has 2 aromatic rings. The Morgan fingerprint density at radius 1 is 1.04 bits per heavy atom. The SMILES string of the molecule is C[C@H](Oc1ccc(C#N)cc1)C(=O)OCC(=O)NNC(=O)c1ccccc1. The lowest BCUT2D eigenvalue weighted by atomic mass is 10.2. The Morgan fingerprint density at radius 2 is 1.70 bits per heavy atom. The lowest BCUT2D eigenvalue weighted by Crippen LogP contribution is -2.44. The van der Waals surface area contributed by atoms with Crippen LogP contribution in [0.15, 0.2) is 54.6 Å². The van der Waals surface area contributed by atoms with Gasteiger partial charge in [-0.1, -0.05) is 18.2 Å². The summed E-state index contributed by atoms with van der Waals surface area (Å²) in [6.07, 6.45) is -0.954. The van der Waals surface area contributed by atoms with Gasteiger partial charge in [-0.05, 0) is 43.3 Å². The van der Waals surface area contributed by atoms with Crippen molar-refractivity contribution in [3.05, 3.63) is 65.7 Å². The molecule has 2 N–H and O–H groups in total. The number of ether oxygens (including phenoxy) is 2. The largest absolute Gasteiger partial charge is 0.479 e. The number of rotatable bonds is 6. The minimum Gasteiger partial charge on any atom is -0.479 e. The van der Waals surface area contributed by atoms with Crippen LogP contribution in [0.1, 0.15) is 22.8 Å². The van der Waals surface area contributed by atoms with Crippen molar-refractivity contribution in [1.82, 2.24) is 10.9 Å². The number of nitrogens with zero attached hydrogens (tertiary/aromatic N) is 1. The average Bonchev–Trinajstić information content (AvgIpc) is 2.71. The van der Waals surface area contributed by atoms with Crippen molar-refractivity contribution >= 4 is 17.8 Å². The van der Waals surface area contributed by atoms with E-state index in [1.54, 1.807) is 54.6 Å². The molecule has 0 saturated heterocycles. The lowest BCUT2D eigenvalue weighted by molar-refractivity contribution is -0.154. The smallest absolute Gasteiger partial charge is 0.347 e. The molecule has 1 atom stereocenters. The molecule has 0 heterocycles. The topological polar surface area (TPSA) is 118 Å². The number of hydrogen-bond donors (Lipinski definition) is 2. The third-order valence-electron chi connectivity index (χ3n) is 3.33. The van der Waals surface area contributed by atoms with Gasteiger partial charge in [0.15, 0.2) is 12.7 Å². The van der Waals surface area contributed by atoms with E-state index >= 15 is 0 Å². The first-order valence-corrected chi connectivity index (χ1v) is 7.97. The van der Waals surface area contributed by atoms with Crippen LogP contribution in [0.5, 0.6) is 5.75 Å². The third-order valence-corrected chi connectivity index (χ3v) is 3.33. The van der Waals surface area contributed by atoms with E-state index in [0.29, 0.717) is 16.9 Å². The van der Waals surface area contributed by atoms with Crippen LogP contribution in [0.3, 0.4) is 0 Å². The molecule has 138 valence electrons. The third kappa shape index (κ3) is 6.17. The molecule has 0 aliphatic carbocycles. The van der Waals surface area contributed by atoms with Gasteiger partial charge in [-0.15, -0.1) is 0 Å². The van der Waals surface area contributed by atoms with Crippen LogP contribution in [0.25, 0.3) is 0 Å². The summed E-state index contributed by atoms with van der Waals surface area (Å²) in [7, 11) is 0. The van der Waals surface area contributed by atoms with Gasteiger partial charge in [0, 0.05) is 5.56 Å². The van der Waals surface area contributed by atoms with Gasteiger partial charge in [0.2, 0.25) is 0 Å². The van der Waals surface area contributed by atoms with E-state index in [1.165, 1.54) is 6.92 Å². The summed E-state index contributed by atoms with van der Waals surface area (Å²) in [6.45, 7) is 0.893. The molecular formula is C19H17N3O5. The molecule has 0 bridgehead atoms. The van der Waals surface area contributed by atoms with Gasteiger partial charge in [-0.25, -0.2) is 4.79 Å². The molecule has 2 amide bonds. The summed E-state index contributed by atoms with van der Waals surface area (Å²) in [4.78, 5) is 35.3. The van der Waals surface area contributed by atoms with Crippen LogP contribution >= 0.6 is 0 Å². The number of carbonyl (C=O) groups is 3. The van der Waals surface area contributed by atoms with E-state index in [-0.39, 0.29) is 0 Å². The minimum atomic E-state index is -0.954. The average molecular weight is 367 g/mol. The Kier molecular flexibility index (Phi) is 6.91. The zero-order chi connectivity index (χ0) is 19.6. The van der Waals surface area contributed by atoms with Crippen LogP contribution in [0.4, 0.5) is 0 Å². The zero-order valence-corrected chi connectivity index (χ0v) is 14.5. The second-order valence-corrected chi connectivity index (χ2v) is 5.37. The number of nitrogens with one attached hydrogen (secondary N) is 2. The predicted octanol–water partition coefficient (Wildman–Crippen LogP) is 1.33. The first-order chi connectivity index (χ1) is 13.0. The van der Waals surface area contributed by atoms with E-state index < -0.39 is 30.5 Å². The summed E-state index contributed by atoms with van der Waals surface area (Å²) in [5, 5.41) is 8.73. The predicted molar refractivity (Wildman–Crippen MR) is 94.3 cm³/mol. The molecule has 0 unspecified atom stereocenters. The first-order valence-electron chi connectivity index (χ1n) is 7.97. The van der Waals surface area contributed by atoms with Crippen molar-refractivity contribution in [2.75, 3.05) is 6.61 Å². The van der Waals surface area contributed by atoms with Crippen molar-refractivity contribution in [2.45, 2.75) is 13.0 Å². The van der Waals surface area contributed by atoms with Crippen molar-refractivity contribution in [1.29, 1.82) is 5.26 Å². The van der Waals surface area contributed by atoms with E-state index in [0.717, 1.165) is 0 Å². The molecule has 2 rings (SSSR count). The van der Waals surface area contributed by atoms with E-state index in [2.05, 4.69) is 10.9 Å². The molecule has 2 aromatic carbocycles. The Hall–Kier alpha value is -3.86. The number of esters is 1. The number of hydrazine groups is 1. The number of nitriles is 1. The summed E-state index contributed by atoms with van der Waals surface area (Å²) in [5.41, 5.74) is 5.20. The molecule has 0 fully saturated rings. The standard InChI is InChI=1S/C19H17N3O5/c1-13(27-16-9-7-14(11-20)8-10-16)19(25)26-12-17(23)21-22-18(24)15-5-3-2-4-6-15/h2-10,13H,12H2,1H3,(H,21,23)(H,22,24)/t13-/m0/s1. The molecule has 27 heavy (non-hydrogen) atoms. The molecule has 0 radical (unpaired) electrons. The molecule has 8 heteroatoms. The Bertz CT molecular complexity index is 844. The van der Waals surface area contributed by atoms with Crippen molar-refractivity contribution in [3.63, 3.8) is 0 Å². The number of benzene rings is 2. The normalized spacial score (nSPS) is 10.8. The fraction of sp³-hybridized carbons (Fsp3) is 0.158. The number of carbonyl (C=O) groups excluding carboxylic acids is 3. The Balaban J connectivity index is 1.72.